The third-order valence-electron chi connectivity index (χ3n) is 3.21. The van der Waals surface area contributed by atoms with Crippen LogP contribution in [-0.2, 0) is 5.41 Å². The molecule has 0 atom stereocenters. The predicted molar refractivity (Wildman–Crippen MR) is 89.4 cm³/mol. The van der Waals surface area contributed by atoms with Crippen molar-refractivity contribution in [1.29, 1.82) is 0 Å². The predicted octanol–water partition coefficient (Wildman–Crippen LogP) is 4.44. The lowest BCUT2D eigenvalue weighted by atomic mass is 9.85. The molecule has 2 rings (SSSR count). The molecule has 0 amide bonds. The van der Waals surface area contributed by atoms with Crippen molar-refractivity contribution in [2.75, 3.05) is 12.5 Å². The Bertz CT molecular complexity index is 613. The van der Waals surface area contributed by atoms with Gasteiger partial charge in [-0.15, -0.1) is 0 Å². The summed E-state index contributed by atoms with van der Waals surface area (Å²) in [4.78, 5) is 0. The van der Waals surface area contributed by atoms with Gasteiger partial charge in [0.2, 0.25) is 0 Å². The summed E-state index contributed by atoms with van der Waals surface area (Å²) in [7, 11) is 1.70. The molecule has 0 radical (unpaired) electrons. The summed E-state index contributed by atoms with van der Waals surface area (Å²) >= 11 is 0. The van der Waals surface area contributed by atoms with Crippen molar-refractivity contribution in [3.63, 3.8) is 0 Å². The van der Waals surface area contributed by atoms with Crippen LogP contribution in [0.2, 0.25) is 0 Å². The Morgan fingerprint density at radius 3 is 2.38 bits per heavy atom. The molecule has 0 saturated heterocycles. The van der Waals surface area contributed by atoms with Crippen LogP contribution in [0, 0.1) is 0 Å². The Hall–Kier alpha value is -2.29. The number of hydrazone groups is 1. The fourth-order valence-corrected chi connectivity index (χ4v) is 2.09. The van der Waals surface area contributed by atoms with Crippen molar-refractivity contribution in [2.45, 2.75) is 26.2 Å². The van der Waals surface area contributed by atoms with Crippen LogP contribution in [0.5, 0.6) is 5.75 Å². The number of hydrogen-bond donors (Lipinski definition) is 1. The van der Waals surface area contributed by atoms with E-state index in [9.17, 15) is 0 Å². The van der Waals surface area contributed by atoms with Gasteiger partial charge < -0.3 is 4.74 Å². The minimum Gasteiger partial charge on any atom is -0.496 e. The molecule has 0 bridgehead atoms. The van der Waals surface area contributed by atoms with Crippen molar-refractivity contribution in [3.05, 3.63) is 59.7 Å². The number of nitrogens with zero attached hydrogens (tertiary/aromatic N) is 1. The highest BCUT2D eigenvalue weighted by Gasteiger charge is 2.18. The number of ether oxygens (including phenoxy) is 1. The van der Waals surface area contributed by atoms with E-state index in [0.29, 0.717) is 0 Å². The summed E-state index contributed by atoms with van der Waals surface area (Å²) < 4.78 is 5.44. The Morgan fingerprint density at radius 2 is 1.76 bits per heavy atom. The van der Waals surface area contributed by atoms with Crippen LogP contribution in [0.3, 0.4) is 0 Å². The van der Waals surface area contributed by atoms with E-state index in [2.05, 4.69) is 37.4 Å². The lowest BCUT2D eigenvalue weighted by Crippen LogP contribution is -2.13. The first-order valence-electron chi connectivity index (χ1n) is 7.03. The normalized spacial score (nSPS) is 11.6. The number of methoxy groups -OCH3 is 1. The van der Waals surface area contributed by atoms with E-state index in [1.165, 1.54) is 5.56 Å². The van der Waals surface area contributed by atoms with Gasteiger partial charge in [0.05, 0.1) is 19.0 Å². The second-order valence-electron chi connectivity index (χ2n) is 5.95. The van der Waals surface area contributed by atoms with Gasteiger partial charge in [0.15, 0.2) is 0 Å². The van der Waals surface area contributed by atoms with Crippen LogP contribution in [0.15, 0.2) is 53.6 Å². The van der Waals surface area contributed by atoms with Crippen molar-refractivity contribution < 1.29 is 4.74 Å². The SMILES string of the molecule is COc1ccc(/C=N/Nc2ccccc2)cc1C(C)(C)C. The van der Waals surface area contributed by atoms with Gasteiger partial charge in [-0.25, -0.2) is 0 Å². The molecule has 0 aliphatic carbocycles. The molecule has 2 aromatic rings. The van der Waals surface area contributed by atoms with Crippen LogP contribution in [0.1, 0.15) is 31.9 Å². The number of anilines is 1. The van der Waals surface area contributed by atoms with Crippen molar-refractivity contribution >= 4 is 11.9 Å². The van der Waals surface area contributed by atoms with Gasteiger partial charge in [-0.1, -0.05) is 39.0 Å². The first-order chi connectivity index (χ1) is 10.0. The molecule has 0 aliphatic rings. The van der Waals surface area contributed by atoms with Crippen LogP contribution < -0.4 is 10.2 Å². The molecule has 0 saturated carbocycles. The quantitative estimate of drug-likeness (QED) is 0.664. The lowest BCUT2D eigenvalue weighted by Gasteiger charge is -2.22. The van der Waals surface area contributed by atoms with E-state index >= 15 is 0 Å². The van der Waals surface area contributed by atoms with Gasteiger partial charge in [-0.05, 0) is 41.3 Å². The third kappa shape index (κ3) is 4.09. The summed E-state index contributed by atoms with van der Waals surface area (Å²) in [5.41, 5.74) is 6.24. The number of hydrogen-bond acceptors (Lipinski definition) is 3. The summed E-state index contributed by atoms with van der Waals surface area (Å²) in [6.07, 6.45) is 1.82. The molecule has 0 unspecified atom stereocenters. The molecule has 21 heavy (non-hydrogen) atoms. The minimum atomic E-state index is 0.0298. The first-order valence-corrected chi connectivity index (χ1v) is 7.03. The van der Waals surface area contributed by atoms with Gasteiger partial charge in [0, 0.05) is 5.56 Å². The smallest absolute Gasteiger partial charge is 0.122 e. The largest absolute Gasteiger partial charge is 0.496 e. The molecule has 3 heteroatoms. The third-order valence-corrected chi connectivity index (χ3v) is 3.21. The van der Waals surface area contributed by atoms with Crippen LogP contribution in [0.25, 0.3) is 0 Å². The molecular formula is C18H22N2O. The van der Waals surface area contributed by atoms with Gasteiger partial charge in [0.1, 0.15) is 5.75 Å². The molecule has 110 valence electrons. The summed E-state index contributed by atoms with van der Waals surface area (Å²) in [5, 5.41) is 4.27. The van der Waals surface area contributed by atoms with Crippen LogP contribution in [0.4, 0.5) is 5.69 Å². The molecule has 0 heterocycles. The van der Waals surface area contributed by atoms with Crippen LogP contribution in [-0.4, -0.2) is 13.3 Å². The molecule has 2 aromatic carbocycles. The standard InChI is InChI=1S/C18H22N2O/c1-18(2,3)16-12-14(10-11-17(16)21-4)13-19-20-15-8-6-5-7-9-15/h5-13,20H,1-4H3/b19-13+. The minimum absolute atomic E-state index is 0.0298. The maximum Gasteiger partial charge on any atom is 0.122 e. The van der Waals surface area contributed by atoms with E-state index in [1.54, 1.807) is 7.11 Å². The molecule has 0 aliphatic heterocycles. The monoisotopic (exact) mass is 282 g/mol. The average molecular weight is 282 g/mol. The zero-order chi connectivity index (χ0) is 15.3. The fraction of sp³-hybridized carbons (Fsp3) is 0.278. The number of benzene rings is 2. The maximum atomic E-state index is 5.44. The van der Waals surface area contributed by atoms with Crippen LogP contribution >= 0.6 is 0 Å². The van der Waals surface area contributed by atoms with E-state index in [0.717, 1.165) is 17.0 Å². The molecular weight excluding hydrogens is 260 g/mol. The fourth-order valence-electron chi connectivity index (χ4n) is 2.09. The topological polar surface area (TPSA) is 33.6 Å². The van der Waals surface area contributed by atoms with Gasteiger partial charge in [0.25, 0.3) is 0 Å². The van der Waals surface area contributed by atoms with Crippen molar-refractivity contribution in [1.82, 2.24) is 0 Å². The zero-order valence-electron chi connectivity index (χ0n) is 13.1. The Morgan fingerprint density at radius 1 is 1.05 bits per heavy atom. The molecule has 1 N–H and O–H groups in total. The number of nitrogens with one attached hydrogen (secondary N) is 1. The van der Waals surface area contributed by atoms with E-state index < -0.39 is 0 Å². The molecule has 0 spiro atoms. The molecule has 3 nitrogen and oxygen atoms in total. The highest BCUT2D eigenvalue weighted by molar-refractivity contribution is 5.81. The zero-order valence-corrected chi connectivity index (χ0v) is 13.1. The number of rotatable bonds is 4. The van der Waals surface area contributed by atoms with E-state index in [1.807, 2.05) is 48.7 Å². The Kier molecular flexibility index (Phi) is 4.63. The number of para-hydroxylation sites is 1. The highest BCUT2D eigenvalue weighted by Crippen LogP contribution is 2.31. The first kappa shape index (κ1) is 15.1. The highest BCUT2D eigenvalue weighted by atomic mass is 16.5. The van der Waals surface area contributed by atoms with E-state index in [-0.39, 0.29) is 5.41 Å². The second-order valence-corrected chi connectivity index (χ2v) is 5.95. The second kappa shape index (κ2) is 6.44. The van der Waals surface area contributed by atoms with E-state index in [4.69, 9.17) is 4.74 Å². The summed E-state index contributed by atoms with van der Waals surface area (Å²) in [6, 6.07) is 16.0. The molecule has 0 aromatic heterocycles. The Balaban J connectivity index is 2.17. The summed E-state index contributed by atoms with van der Waals surface area (Å²) in [5.74, 6) is 0.913. The Labute approximate surface area is 126 Å². The summed E-state index contributed by atoms with van der Waals surface area (Å²) in [6.45, 7) is 6.52. The average Bonchev–Trinajstić information content (AvgIpc) is 2.47. The van der Waals surface area contributed by atoms with Gasteiger partial charge in [-0.3, -0.25) is 5.43 Å². The van der Waals surface area contributed by atoms with Crippen molar-refractivity contribution in [2.24, 2.45) is 5.10 Å². The lowest BCUT2D eigenvalue weighted by molar-refractivity contribution is 0.397. The van der Waals surface area contributed by atoms with Gasteiger partial charge >= 0.3 is 0 Å². The molecule has 0 fully saturated rings. The van der Waals surface area contributed by atoms with Crippen molar-refractivity contribution in [3.8, 4) is 5.75 Å². The maximum absolute atomic E-state index is 5.44. The van der Waals surface area contributed by atoms with Gasteiger partial charge in [-0.2, -0.15) is 5.10 Å².